The molecule has 0 radical (unpaired) electrons. The molecule has 0 aromatic heterocycles. The molecule has 2 amide bonds. The van der Waals surface area contributed by atoms with Crippen molar-refractivity contribution < 1.29 is 14.4 Å². The predicted molar refractivity (Wildman–Crippen MR) is 85.6 cm³/mol. The first-order valence-electron chi connectivity index (χ1n) is 6.52. The molecule has 0 aromatic carbocycles. The van der Waals surface area contributed by atoms with Crippen LogP contribution in [0.5, 0.6) is 0 Å². The molecule has 7 heteroatoms. The number of aldehydes is 1. The van der Waals surface area contributed by atoms with Crippen LogP contribution in [0.4, 0.5) is 0 Å². The molecular weight excluding hydrogens is 358 g/mol. The molecule has 1 atom stereocenters. The molecule has 108 valence electrons. The Morgan fingerprint density at radius 1 is 1.47 bits per heavy atom. The Labute approximate surface area is 128 Å². The monoisotopic (exact) mass is 380 g/mol. The summed E-state index contributed by atoms with van der Waals surface area (Å²) in [6, 6.07) is 0. The van der Waals surface area contributed by atoms with Gasteiger partial charge in [0.25, 0.3) is 0 Å². The topological polar surface area (TPSA) is 66.5 Å². The summed E-state index contributed by atoms with van der Waals surface area (Å²) in [5, 5.41) is 2.76. The number of nitrogens with one attached hydrogen (secondary N) is 1. The standard InChI is InChI=1S/C12H22BIN2O3/c1-4-11(18)15-6-5-7-16(3)12(19)8-10(9-17)13(2)14/h9-10H,4-8H2,1-3H3,(H,15,18). The lowest BCUT2D eigenvalue weighted by Gasteiger charge is -2.19. The van der Waals surface area contributed by atoms with Gasteiger partial charge in [0.05, 0.1) is 0 Å². The van der Waals surface area contributed by atoms with Crippen LogP contribution < -0.4 is 5.32 Å². The molecule has 5 nitrogen and oxygen atoms in total. The van der Waals surface area contributed by atoms with Crippen LogP contribution in [0.3, 0.4) is 0 Å². The van der Waals surface area contributed by atoms with Crippen LogP contribution >= 0.6 is 22.4 Å². The van der Waals surface area contributed by atoms with Crippen molar-refractivity contribution in [2.75, 3.05) is 20.1 Å². The van der Waals surface area contributed by atoms with Crippen molar-refractivity contribution >= 4 is 45.0 Å². The van der Waals surface area contributed by atoms with Crippen LogP contribution in [0.2, 0.25) is 12.6 Å². The van der Waals surface area contributed by atoms with E-state index in [1.807, 2.05) is 6.82 Å². The average Bonchev–Trinajstić information content (AvgIpc) is 2.39. The summed E-state index contributed by atoms with van der Waals surface area (Å²) in [6.07, 6.45) is 2.30. The normalized spacial score (nSPS) is 11.6. The third-order valence-electron chi connectivity index (χ3n) is 2.91. The highest BCUT2D eigenvalue weighted by molar-refractivity contribution is 14.1. The lowest BCUT2D eigenvalue weighted by atomic mass is 9.65. The Kier molecular flexibility index (Phi) is 9.90. The number of carbonyl (C=O) groups is 3. The predicted octanol–water partition coefficient (Wildman–Crippen LogP) is 1.38. The first-order chi connectivity index (χ1) is 8.92. The van der Waals surface area contributed by atoms with Crippen LogP contribution in [0.15, 0.2) is 0 Å². The number of hydrogen-bond donors (Lipinski definition) is 1. The third kappa shape index (κ3) is 8.23. The molecule has 0 rings (SSSR count). The molecule has 0 aliphatic carbocycles. The fourth-order valence-electron chi connectivity index (χ4n) is 1.47. The van der Waals surface area contributed by atoms with E-state index >= 15 is 0 Å². The Balaban J connectivity index is 3.93. The lowest BCUT2D eigenvalue weighted by Crippen LogP contribution is -2.32. The van der Waals surface area contributed by atoms with Crippen molar-refractivity contribution in [1.29, 1.82) is 0 Å². The van der Waals surface area contributed by atoms with Gasteiger partial charge in [-0.15, -0.1) is 22.4 Å². The number of hydrogen-bond acceptors (Lipinski definition) is 3. The van der Waals surface area contributed by atoms with E-state index in [4.69, 9.17) is 0 Å². The minimum absolute atomic E-state index is 0.0220. The highest BCUT2D eigenvalue weighted by Gasteiger charge is 2.22. The minimum atomic E-state index is -0.227. The summed E-state index contributed by atoms with van der Waals surface area (Å²) < 4.78 is 0.149. The molecule has 0 saturated carbocycles. The summed E-state index contributed by atoms with van der Waals surface area (Å²) in [5.41, 5.74) is 0. The Bertz CT molecular complexity index is 313. The minimum Gasteiger partial charge on any atom is -0.356 e. The molecule has 1 unspecified atom stereocenters. The molecule has 0 fully saturated rings. The summed E-state index contributed by atoms with van der Waals surface area (Å²) in [6.45, 7) is 4.89. The smallest absolute Gasteiger partial charge is 0.225 e. The van der Waals surface area contributed by atoms with E-state index < -0.39 is 0 Å². The SMILES string of the molecule is CCC(=O)NCCCN(C)C(=O)CC(C=O)B(C)I. The fraction of sp³-hybridized carbons (Fsp3) is 0.750. The largest absolute Gasteiger partial charge is 0.356 e. The molecule has 1 N–H and O–H groups in total. The van der Waals surface area contributed by atoms with Crippen LogP contribution in [-0.4, -0.2) is 47.7 Å². The van der Waals surface area contributed by atoms with Crippen molar-refractivity contribution in [2.45, 2.75) is 38.8 Å². The number of nitrogens with zero attached hydrogens (tertiary/aromatic N) is 1. The second-order valence-electron chi connectivity index (χ2n) is 4.55. The van der Waals surface area contributed by atoms with Gasteiger partial charge >= 0.3 is 0 Å². The number of rotatable bonds is 9. The van der Waals surface area contributed by atoms with Crippen LogP contribution in [0, 0.1) is 0 Å². The maximum atomic E-state index is 11.9. The van der Waals surface area contributed by atoms with Gasteiger partial charge in [0.1, 0.15) is 6.29 Å². The zero-order valence-electron chi connectivity index (χ0n) is 11.8. The highest BCUT2D eigenvalue weighted by Crippen LogP contribution is 2.18. The van der Waals surface area contributed by atoms with E-state index in [1.54, 1.807) is 18.9 Å². The quantitative estimate of drug-likeness (QED) is 0.285. The number of carbonyl (C=O) groups excluding carboxylic acids is 3. The van der Waals surface area contributed by atoms with E-state index in [0.717, 1.165) is 12.7 Å². The van der Waals surface area contributed by atoms with E-state index in [1.165, 1.54) is 0 Å². The van der Waals surface area contributed by atoms with Gasteiger partial charge in [-0.3, -0.25) is 9.59 Å². The fourth-order valence-corrected chi connectivity index (χ4v) is 1.89. The van der Waals surface area contributed by atoms with E-state index in [-0.39, 0.29) is 28.6 Å². The van der Waals surface area contributed by atoms with Crippen molar-refractivity contribution in [3.05, 3.63) is 0 Å². The molecule has 0 aromatic rings. The molecule has 0 heterocycles. The molecule has 0 saturated heterocycles. The van der Waals surface area contributed by atoms with Crippen LogP contribution in [-0.2, 0) is 14.4 Å². The molecule has 0 spiro atoms. The first kappa shape index (κ1) is 18.4. The Hall–Kier alpha value is -0.595. The maximum Gasteiger partial charge on any atom is 0.225 e. The summed E-state index contributed by atoms with van der Waals surface area (Å²) in [7, 11) is 1.73. The molecular formula is C12H22BIN2O3. The second-order valence-corrected chi connectivity index (χ2v) is 6.52. The van der Waals surface area contributed by atoms with Crippen LogP contribution in [0.25, 0.3) is 0 Å². The summed E-state index contributed by atoms with van der Waals surface area (Å²) in [5.74, 6) is -0.230. The van der Waals surface area contributed by atoms with Crippen molar-refractivity contribution in [1.82, 2.24) is 10.2 Å². The number of halogens is 1. The van der Waals surface area contributed by atoms with Gasteiger partial charge in [-0.2, -0.15) is 0 Å². The van der Waals surface area contributed by atoms with Gasteiger partial charge in [0.15, 0.2) is 0 Å². The summed E-state index contributed by atoms with van der Waals surface area (Å²) >= 11 is 2.16. The lowest BCUT2D eigenvalue weighted by molar-refractivity contribution is -0.130. The van der Waals surface area contributed by atoms with Crippen molar-refractivity contribution in [3.8, 4) is 0 Å². The average molecular weight is 380 g/mol. The Morgan fingerprint density at radius 3 is 2.58 bits per heavy atom. The zero-order valence-corrected chi connectivity index (χ0v) is 14.0. The van der Waals surface area contributed by atoms with Gasteiger partial charge in [0, 0.05) is 38.8 Å². The maximum absolute atomic E-state index is 11.9. The third-order valence-corrected chi connectivity index (χ3v) is 3.84. The van der Waals surface area contributed by atoms with Gasteiger partial charge in [0.2, 0.25) is 16.4 Å². The van der Waals surface area contributed by atoms with Gasteiger partial charge in [-0.05, 0) is 6.42 Å². The highest BCUT2D eigenvalue weighted by atomic mass is 127. The van der Waals surface area contributed by atoms with Gasteiger partial charge in [-0.1, -0.05) is 13.7 Å². The molecule has 0 aliphatic rings. The molecule has 19 heavy (non-hydrogen) atoms. The van der Waals surface area contributed by atoms with Gasteiger partial charge < -0.3 is 15.0 Å². The van der Waals surface area contributed by atoms with Crippen molar-refractivity contribution in [2.24, 2.45) is 0 Å². The van der Waals surface area contributed by atoms with Crippen molar-refractivity contribution in [3.63, 3.8) is 0 Å². The van der Waals surface area contributed by atoms with E-state index in [9.17, 15) is 14.4 Å². The molecule has 0 bridgehead atoms. The number of amides is 2. The summed E-state index contributed by atoms with van der Waals surface area (Å²) in [4.78, 5) is 35.4. The second kappa shape index (κ2) is 10.2. The Morgan fingerprint density at radius 2 is 2.11 bits per heavy atom. The van der Waals surface area contributed by atoms with Gasteiger partial charge in [-0.25, -0.2) is 0 Å². The van der Waals surface area contributed by atoms with Crippen LogP contribution in [0.1, 0.15) is 26.2 Å². The molecule has 0 aliphatic heterocycles. The van der Waals surface area contributed by atoms with E-state index in [0.29, 0.717) is 19.5 Å². The van der Waals surface area contributed by atoms with E-state index in [2.05, 4.69) is 27.7 Å². The zero-order chi connectivity index (χ0) is 14.8. The first-order valence-corrected chi connectivity index (χ1v) is 7.76.